The van der Waals surface area contributed by atoms with E-state index in [1.54, 1.807) is 0 Å². The van der Waals surface area contributed by atoms with E-state index in [2.05, 4.69) is 20.7 Å². The number of carbonyl (C=O) groups is 2. The highest BCUT2D eigenvalue weighted by atomic mass is 31.2. The molecule has 0 unspecified atom stereocenters. The van der Waals surface area contributed by atoms with E-state index in [1.165, 1.54) is 11.0 Å². The molecule has 0 aromatic rings. The van der Waals surface area contributed by atoms with Gasteiger partial charge in [-0.2, -0.15) is 9.25 Å². The van der Waals surface area contributed by atoms with Crippen LogP contribution >= 0.6 is 7.82 Å². The first-order valence-electron chi connectivity index (χ1n) is 2.64. The maximum atomic E-state index is 10.6. The van der Waals surface area contributed by atoms with Crippen molar-refractivity contribution < 1.29 is 28.3 Å². The summed E-state index contributed by atoms with van der Waals surface area (Å²) < 4.78 is 18.1. The SMILES string of the molecule is NC(=O)NOP(=O)(O)ONC(N)=O. The molecular weight excluding hydrogens is 207 g/mol. The highest BCUT2D eigenvalue weighted by Gasteiger charge is 2.23. The van der Waals surface area contributed by atoms with Crippen LogP contribution in [0, 0.1) is 0 Å². The van der Waals surface area contributed by atoms with E-state index in [4.69, 9.17) is 4.89 Å². The summed E-state index contributed by atoms with van der Waals surface area (Å²) in [4.78, 5) is 28.5. The van der Waals surface area contributed by atoms with Crippen molar-refractivity contribution in [2.45, 2.75) is 0 Å². The average Bonchev–Trinajstić information content (AvgIpc) is 1.98. The van der Waals surface area contributed by atoms with Crippen LogP contribution < -0.4 is 22.4 Å². The molecule has 0 aliphatic carbocycles. The lowest BCUT2D eigenvalue weighted by atomic mass is 11.2. The number of rotatable bonds is 4. The smallest absolute Gasteiger partial charge is 0.350 e. The Labute approximate surface area is 71.7 Å². The molecule has 0 spiro atoms. The van der Waals surface area contributed by atoms with Gasteiger partial charge in [-0.05, 0) is 0 Å². The Hall–Kier alpha value is -1.35. The number of hydroxylamine groups is 2. The second-order valence-corrected chi connectivity index (χ2v) is 2.89. The van der Waals surface area contributed by atoms with Gasteiger partial charge < -0.3 is 11.5 Å². The molecule has 0 aliphatic heterocycles. The van der Waals surface area contributed by atoms with E-state index >= 15 is 0 Å². The van der Waals surface area contributed by atoms with Gasteiger partial charge in [0.1, 0.15) is 0 Å². The predicted molar refractivity (Wildman–Crippen MR) is 37.4 cm³/mol. The van der Waals surface area contributed by atoms with E-state index in [9.17, 15) is 14.2 Å². The summed E-state index contributed by atoms with van der Waals surface area (Å²) in [5.41, 5.74) is 11.6. The topological polar surface area (TPSA) is 166 Å². The van der Waals surface area contributed by atoms with Crippen molar-refractivity contribution >= 4 is 19.9 Å². The van der Waals surface area contributed by atoms with Gasteiger partial charge in [-0.3, -0.25) is 4.89 Å². The number of nitrogens with one attached hydrogen (secondary N) is 2. The van der Waals surface area contributed by atoms with Crippen LogP contribution in [0.1, 0.15) is 0 Å². The number of carbonyl (C=O) groups excluding carboxylic acids is 2. The highest BCUT2D eigenvalue weighted by molar-refractivity contribution is 7.47. The Morgan fingerprint density at radius 2 is 1.46 bits per heavy atom. The molecule has 0 rings (SSSR count). The van der Waals surface area contributed by atoms with Crippen LogP contribution in [0.2, 0.25) is 0 Å². The van der Waals surface area contributed by atoms with Crippen molar-refractivity contribution in [3.8, 4) is 0 Å². The molecule has 0 aromatic heterocycles. The standard InChI is InChI=1S/C2H7N4O6P/c3-1(7)5-11-13(9,10)12-6-2(4)8/h(H,9,10)(H3,3,5,7)(H3,4,6,8). The molecule has 0 atom stereocenters. The van der Waals surface area contributed by atoms with E-state index in [1.807, 2.05) is 0 Å². The molecule has 0 heterocycles. The Morgan fingerprint density at radius 1 is 1.15 bits per heavy atom. The lowest BCUT2D eigenvalue weighted by molar-refractivity contribution is 0.0821. The van der Waals surface area contributed by atoms with Gasteiger partial charge in [-0.25, -0.2) is 25.1 Å². The minimum Gasteiger partial charge on any atom is -0.350 e. The third-order valence-corrected chi connectivity index (χ3v) is 1.17. The van der Waals surface area contributed by atoms with Gasteiger partial charge in [-0.15, -0.1) is 0 Å². The predicted octanol–water partition coefficient (Wildman–Crippen LogP) is -1.71. The fourth-order valence-corrected chi connectivity index (χ4v) is 0.672. The molecule has 0 fully saturated rings. The summed E-state index contributed by atoms with van der Waals surface area (Å²) >= 11 is 0. The monoisotopic (exact) mass is 214 g/mol. The van der Waals surface area contributed by atoms with Crippen LogP contribution in [-0.4, -0.2) is 17.0 Å². The van der Waals surface area contributed by atoms with Crippen molar-refractivity contribution in [3.05, 3.63) is 0 Å². The van der Waals surface area contributed by atoms with E-state index in [0.29, 0.717) is 0 Å². The molecule has 7 N–H and O–H groups in total. The zero-order chi connectivity index (χ0) is 10.5. The number of hydrogen-bond acceptors (Lipinski definition) is 5. The Bertz CT molecular complexity index is 231. The number of nitrogens with two attached hydrogens (primary N) is 2. The molecule has 11 heteroatoms. The van der Waals surface area contributed by atoms with Crippen LogP contribution in [0.3, 0.4) is 0 Å². The van der Waals surface area contributed by atoms with Crippen LogP contribution in [-0.2, 0) is 13.8 Å². The van der Waals surface area contributed by atoms with Gasteiger partial charge in [0.2, 0.25) is 0 Å². The summed E-state index contributed by atoms with van der Waals surface area (Å²) in [6.45, 7) is 0. The molecule has 13 heavy (non-hydrogen) atoms. The minimum absolute atomic E-state index is 1.21. The third-order valence-electron chi connectivity index (χ3n) is 0.523. The molecule has 0 saturated carbocycles. The summed E-state index contributed by atoms with van der Waals surface area (Å²) in [7, 11) is -4.62. The fourth-order valence-electron chi connectivity index (χ4n) is 0.224. The van der Waals surface area contributed by atoms with Gasteiger partial charge in [0.05, 0.1) is 0 Å². The molecule has 76 valence electrons. The van der Waals surface area contributed by atoms with Crippen molar-refractivity contribution in [1.82, 2.24) is 11.0 Å². The number of primary amides is 2. The first-order valence-corrected chi connectivity index (χ1v) is 4.14. The Balaban J connectivity index is 3.87. The molecule has 10 nitrogen and oxygen atoms in total. The zero-order valence-electron chi connectivity index (χ0n) is 6.09. The maximum Gasteiger partial charge on any atom is 0.515 e. The van der Waals surface area contributed by atoms with Gasteiger partial charge in [0, 0.05) is 0 Å². The van der Waals surface area contributed by atoms with Crippen molar-refractivity contribution in [3.63, 3.8) is 0 Å². The number of urea groups is 2. The molecular formula is C2H7N4O6P. The van der Waals surface area contributed by atoms with Gasteiger partial charge >= 0.3 is 19.9 Å². The number of amides is 4. The van der Waals surface area contributed by atoms with Crippen LogP contribution in [0.5, 0.6) is 0 Å². The van der Waals surface area contributed by atoms with E-state index in [-0.39, 0.29) is 0 Å². The van der Waals surface area contributed by atoms with Crippen LogP contribution in [0.15, 0.2) is 0 Å². The minimum atomic E-state index is -4.62. The lowest BCUT2D eigenvalue weighted by Crippen LogP contribution is -2.32. The lowest BCUT2D eigenvalue weighted by Gasteiger charge is -2.09. The fraction of sp³-hybridized carbons (Fsp3) is 0. The summed E-state index contributed by atoms with van der Waals surface area (Å²) in [5, 5.41) is 0. The zero-order valence-corrected chi connectivity index (χ0v) is 6.98. The molecule has 0 aromatic carbocycles. The van der Waals surface area contributed by atoms with E-state index in [0.717, 1.165) is 0 Å². The largest absolute Gasteiger partial charge is 0.515 e. The first-order chi connectivity index (χ1) is 5.83. The molecule has 0 aliphatic rings. The Morgan fingerprint density at radius 3 is 1.69 bits per heavy atom. The average molecular weight is 214 g/mol. The van der Waals surface area contributed by atoms with Gasteiger partial charge in [0.25, 0.3) is 0 Å². The van der Waals surface area contributed by atoms with E-state index < -0.39 is 19.9 Å². The second kappa shape index (κ2) is 4.62. The van der Waals surface area contributed by atoms with Crippen molar-refractivity contribution in [1.29, 1.82) is 0 Å². The summed E-state index contributed by atoms with van der Waals surface area (Å²) in [6.07, 6.45) is 0. The van der Waals surface area contributed by atoms with Gasteiger partial charge in [-0.1, -0.05) is 0 Å². The summed E-state index contributed by atoms with van der Waals surface area (Å²) in [5.74, 6) is 0. The second-order valence-electron chi connectivity index (χ2n) is 1.58. The summed E-state index contributed by atoms with van der Waals surface area (Å²) in [6, 6.07) is -2.42. The van der Waals surface area contributed by atoms with Crippen molar-refractivity contribution in [2.75, 3.05) is 0 Å². The normalized spacial score (nSPS) is 10.5. The molecule has 4 amide bonds. The first kappa shape index (κ1) is 11.6. The molecule has 0 radical (unpaired) electrons. The van der Waals surface area contributed by atoms with Crippen LogP contribution in [0.25, 0.3) is 0 Å². The molecule has 0 saturated heterocycles. The van der Waals surface area contributed by atoms with Crippen LogP contribution in [0.4, 0.5) is 9.59 Å². The maximum absolute atomic E-state index is 10.6. The highest BCUT2D eigenvalue weighted by Crippen LogP contribution is 2.40. The van der Waals surface area contributed by atoms with Gasteiger partial charge in [0.15, 0.2) is 0 Å². The number of hydrogen-bond donors (Lipinski definition) is 5. The number of phosphoric acid groups is 1. The molecule has 0 bridgehead atoms. The quantitative estimate of drug-likeness (QED) is 0.275. The van der Waals surface area contributed by atoms with Crippen molar-refractivity contribution in [2.24, 2.45) is 11.5 Å². The third kappa shape index (κ3) is 7.03. The Kier molecular flexibility index (Phi) is 4.14.